The van der Waals surface area contributed by atoms with Crippen molar-refractivity contribution in [2.75, 3.05) is 26.3 Å². The lowest BCUT2D eigenvalue weighted by Gasteiger charge is -2.35. The third-order valence-electron chi connectivity index (χ3n) is 9.08. The van der Waals surface area contributed by atoms with E-state index in [0.29, 0.717) is 39.5 Å². The van der Waals surface area contributed by atoms with Gasteiger partial charge in [0, 0.05) is 22.8 Å². The SMILES string of the molecule is Cc1nc(-c2cc3nc(CN4CCC(c5cccc6c5OC(c5ccc(Cl)cc5F)CO6)CC4)n(C[C@@H]4CCO4)c3cn2)n[nH]1. The fourth-order valence-electron chi connectivity index (χ4n) is 6.56. The molecule has 8 rings (SSSR count). The molecule has 2 atom stereocenters. The third-order valence-corrected chi connectivity index (χ3v) is 9.32. The lowest BCUT2D eigenvalue weighted by molar-refractivity contribution is -0.0592. The molecule has 0 aliphatic carbocycles. The number of para-hydroxylation sites is 1. The Kier molecular flexibility index (Phi) is 7.39. The number of halogens is 2. The van der Waals surface area contributed by atoms with Crippen LogP contribution in [0.1, 0.15) is 54.1 Å². The van der Waals surface area contributed by atoms with Crippen molar-refractivity contribution in [3.8, 4) is 23.0 Å². The average Bonchev–Trinajstić information content (AvgIpc) is 3.61. The van der Waals surface area contributed by atoms with Crippen LogP contribution in [-0.2, 0) is 17.8 Å². The Morgan fingerprint density at radius 1 is 1.07 bits per heavy atom. The van der Waals surface area contributed by atoms with Crippen LogP contribution >= 0.6 is 11.6 Å². The first-order valence-electron chi connectivity index (χ1n) is 15.4. The van der Waals surface area contributed by atoms with Crippen LogP contribution in [0.2, 0.25) is 5.02 Å². The van der Waals surface area contributed by atoms with E-state index in [2.05, 4.69) is 35.7 Å². The Hall–Kier alpha value is -4.06. The van der Waals surface area contributed by atoms with Crippen LogP contribution in [0, 0.1) is 12.7 Å². The van der Waals surface area contributed by atoms with Crippen molar-refractivity contribution in [2.24, 2.45) is 0 Å². The highest BCUT2D eigenvalue weighted by Crippen LogP contribution is 2.45. The summed E-state index contributed by atoms with van der Waals surface area (Å²) in [6.45, 7) is 6.23. The van der Waals surface area contributed by atoms with E-state index < -0.39 is 6.10 Å². The first-order chi connectivity index (χ1) is 22.0. The smallest absolute Gasteiger partial charge is 0.199 e. The zero-order valence-electron chi connectivity index (χ0n) is 24.9. The van der Waals surface area contributed by atoms with E-state index in [-0.39, 0.29) is 18.5 Å². The summed E-state index contributed by atoms with van der Waals surface area (Å²) >= 11 is 5.98. The van der Waals surface area contributed by atoms with Crippen molar-refractivity contribution in [3.05, 3.63) is 82.3 Å². The van der Waals surface area contributed by atoms with E-state index >= 15 is 0 Å². The number of fused-ring (bicyclic) bond motifs is 2. The number of aromatic nitrogens is 6. The second-order valence-electron chi connectivity index (χ2n) is 12.0. The van der Waals surface area contributed by atoms with Gasteiger partial charge in [-0.1, -0.05) is 29.8 Å². The van der Waals surface area contributed by atoms with Gasteiger partial charge in [0.05, 0.1) is 36.4 Å². The molecule has 0 saturated carbocycles. The van der Waals surface area contributed by atoms with Crippen LogP contribution in [0.15, 0.2) is 48.7 Å². The summed E-state index contributed by atoms with van der Waals surface area (Å²) in [5.41, 5.74) is 4.13. The van der Waals surface area contributed by atoms with E-state index in [1.165, 1.54) is 6.07 Å². The molecule has 3 aromatic heterocycles. The molecular weight excluding hydrogens is 597 g/mol. The Bertz CT molecular complexity index is 1860. The van der Waals surface area contributed by atoms with Crippen LogP contribution in [0.3, 0.4) is 0 Å². The van der Waals surface area contributed by atoms with Gasteiger partial charge in [-0.3, -0.25) is 15.0 Å². The summed E-state index contributed by atoms with van der Waals surface area (Å²) in [7, 11) is 0. The second-order valence-corrected chi connectivity index (χ2v) is 12.5. The Morgan fingerprint density at radius 2 is 1.93 bits per heavy atom. The number of nitrogens with zero attached hydrogens (tertiary/aromatic N) is 6. The molecular formula is C33H33ClFN7O3. The number of ether oxygens (including phenoxy) is 3. The molecule has 0 spiro atoms. The second kappa shape index (κ2) is 11.7. The molecule has 2 fully saturated rings. The molecule has 6 heterocycles. The number of hydrogen-bond acceptors (Lipinski definition) is 8. The molecule has 5 aromatic rings. The molecule has 1 N–H and O–H groups in total. The zero-order valence-corrected chi connectivity index (χ0v) is 25.6. The van der Waals surface area contributed by atoms with E-state index in [4.69, 9.17) is 30.8 Å². The highest BCUT2D eigenvalue weighted by atomic mass is 35.5. The number of rotatable bonds is 7. The van der Waals surface area contributed by atoms with Gasteiger partial charge in [-0.2, -0.15) is 5.10 Å². The maximum atomic E-state index is 14.7. The highest BCUT2D eigenvalue weighted by molar-refractivity contribution is 6.30. The molecule has 10 nitrogen and oxygen atoms in total. The van der Waals surface area contributed by atoms with E-state index in [9.17, 15) is 4.39 Å². The highest BCUT2D eigenvalue weighted by Gasteiger charge is 2.31. The summed E-state index contributed by atoms with van der Waals surface area (Å²) in [6.07, 6.45) is 4.50. The molecule has 45 heavy (non-hydrogen) atoms. The molecule has 2 saturated heterocycles. The van der Waals surface area contributed by atoms with Crippen molar-refractivity contribution in [2.45, 2.75) is 57.4 Å². The summed E-state index contributed by atoms with van der Waals surface area (Å²) in [4.78, 5) is 16.6. The molecule has 2 aromatic carbocycles. The molecule has 1 unspecified atom stereocenters. The minimum atomic E-state index is -0.536. The van der Waals surface area contributed by atoms with Gasteiger partial charge in [0.15, 0.2) is 23.4 Å². The van der Waals surface area contributed by atoms with Crippen LogP contribution in [0.25, 0.3) is 22.6 Å². The number of aromatic amines is 1. The van der Waals surface area contributed by atoms with Gasteiger partial charge in [-0.05, 0) is 69.5 Å². The van der Waals surface area contributed by atoms with Crippen molar-refractivity contribution < 1.29 is 18.6 Å². The minimum Gasteiger partial charge on any atom is -0.485 e. The topological polar surface area (TPSA) is 103 Å². The molecule has 232 valence electrons. The van der Waals surface area contributed by atoms with Crippen molar-refractivity contribution in [1.82, 2.24) is 34.6 Å². The number of pyridine rings is 1. The van der Waals surface area contributed by atoms with Crippen LogP contribution in [0.4, 0.5) is 4.39 Å². The Morgan fingerprint density at radius 3 is 2.69 bits per heavy atom. The summed E-state index contributed by atoms with van der Waals surface area (Å²) in [5, 5.41) is 7.52. The van der Waals surface area contributed by atoms with Crippen LogP contribution in [0.5, 0.6) is 11.5 Å². The van der Waals surface area contributed by atoms with E-state index in [0.717, 1.165) is 80.3 Å². The van der Waals surface area contributed by atoms with Gasteiger partial charge in [0.1, 0.15) is 29.8 Å². The predicted octanol–water partition coefficient (Wildman–Crippen LogP) is 6.00. The third kappa shape index (κ3) is 5.53. The normalized spacial score (nSPS) is 20.4. The quantitative estimate of drug-likeness (QED) is 0.234. The van der Waals surface area contributed by atoms with Gasteiger partial charge in [0.25, 0.3) is 0 Å². The first kappa shape index (κ1) is 28.4. The molecule has 0 bridgehead atoms. The number of hydrogen-bond donors (Lipinski definition) is 1. The van der Waals surface area contributed by atoms with E-state index in [1.54, 1.807) is 12.1 Å². The van der Waals surface area contributed by atoms with Crippen molar-refractivity contribution >= 4 is 22.6 Å². The molecule has 0 radical (unpaired) electrons. The van der Waals surface area contributed by atoms with Gasteiger partial charge in [-0.15, -0.1) is 0 Å². The van der Waals surface area contributed by atoms with Crippen LogP contribution < -0.4 is 9.47 Å². The molecule has 3 aliphatic heterocycles. The van der Waals surface area contributed by atoms with Gasteiger partial charge < -0.3 is 18.8 Å². The van der Waals surface area contributed by atoms with Gasteiger partial charge in [0.2, 0.25) is 0 Å². The summed E-state index contributed by atoms with van der Waals surface area (Å²) in [5.74, 6) is 3.65. The summed E-state index contributed by atoms with van der Waals surface area (Å²) < 4.78 is 35.3. The van der Waals surface area contributed by atoms with E-state index in [1.807, 2.05) is 31.3 Å². The number of piperidine rings is 1. The predicted molar refractivity (Wildman–Crippen MR) is 166 cm³/mol. The average molecular weight is 630 g/mol. The number of nitrogens with one attached hydrogen (secondary N) is 1. The van der Waals surface area contributed by atoms with Gasteiger partial charge >= 0.3 is 0 Å². The number of likely N-dealkylation sites (tertiary alicyclic amines) is 1. The zero-order chi connectivity index (χ0) is 30.5. The lowest BCUT2D eigenvalue weighted by Crippen LogP contribution is -2.35. The summed E-state index contributed by atoms with van der Waals surface area (Å²) in [6, 6.07) is 12.7. The molecule has 12 heteroatoms. The van der Waals surface area contributed by atoms with Crippen molar-refractivity contribution in [3.63, 3.8) is 0 Å². The fraction of sp³-hybridized carbons (Fsp3) is 0.394. The lowest BCUT2D eigenvalue weighted by atomic mass is 9.88. The number of aryl methyl sites for hydroxylation is 1. The molecule has 3 aliphatic rings. The Labute approximate surface area is 264 Å². The Balaban J connectivity index is 0.997. The molecule has 0 amide bonds. The largest absolute Gasteiger partial charge is 0.485 e. The first-order valence-corrected chi connectivity index (χ1v) is 15.8. The van der Waals surface area contributed by atoms with Gasteiger partial charge in [-0.25, -0.2) is 14.4 Å². The number of benzene rings is 2. The fourth-order valence-corrected chi connectivity index (χ4v) is 6.72. The number of imidazole rings is 1. The van der Waals surface area contributed by atoms with Crippen LogP contribution in [-0.4, -0.2) is 67.0 Å². The maximum Gasteiger partial charge on any atom is 0.199 e. The van der Waals surface area contributed by atoms with Crippen molar-refractivity contribution in [1.29, 1.82) is 0 Å². The standard InChI is InChI=1S/C33H33ClFN7O3/c1-19-37-33(40-39-19)27-14-26-28(15-36-27)42(16-22-9-12-43-22)31(38-26)17-41-10-7-20(8-11-41)23-3-2-4-29-32(23)45-30(18-44-29)24-6-5-21(34)13-25(24)35/h2-6,13-15,20,22,30H,7-12,16-18H2,1H3,(H,37,39,40)/t22-,30?/m0/s1. The number of H-pyrrole nitrogens is 1. The minimum absolute atomic E-state index is 0.193. The maximum absolute atomic E-state index is 14.7. The monoisotopic (exact) mass is 629 g/mol.